The fourth-order valence-corrected chi connectivity index (χ4v) is 1.79. The Balaban J connectivity index is 2.64. The molecule has 80 valence electrons. The van der Waals surface area contributed by atoms with E-state index >= 15 is 0 Å². The molecule has 0 radical (unpaired) electrons. The highest BCUT2D eigenvalue weighted by molar-refractivity contribution is 6.35. The summed E-state index contributed by atoms with van der Waals surface area (Å²) in [6.45, 7) is 0. The monoisotopic (exact) mass is 253 g/mol. The zero-order valence-corrected chi connectivity index (χ0v) is 9.38. The van der Waals surface area contributed by atoms with Crippen LogP contribution in [0.15, 0.2) is 29.1 Å². The second-order valence-electron chi connectivity index (χ2n) is 3.05. The van der Waals surface area contributed by atoms with Crippen LogP contribution in [0.25, 0.3) is 5.69 Å². The zero-order chi connectivity index (χ0) is 11.7. The van der Waals surface area contributed by atoms with E-state index in [1.54, 1.807) is 12.1 Å². The average molecular weight is 254 g/mol. The molecule has 0 spiro atoms. The standard InChI is InChI=1S/C10H5Cl2N3O/c11-6-1-2-9(8(12)3-6)15-10(16)4-7(5-13)14-15/h1-4,14H. The van der Waals surface area contributed by atoms with E-state index in [1.807, 2.05) is 6.07 Å². The lowest BCUT2D eigenvalue weighted by atomic mass is 10.3. The number of hydrogen-bond donors (Lipinski definition) is 1. The molecule has 0 aliphatic heterocycles. The summed E-state index contributed by atoms with van der Waals surface area (Å²) in [6, 6.07) is 7.78. The molecule has 0 atom stereocenters. The molecule has 0 unspecified atom stereocenters. The third-order valence-electron chi connectivity index (χ3n) is 1.99. The molecule has 0 bridgehead atoms. The lowest BCUT2D eigenvalue weighted by Crippen LogP contribution is -2.13. The molecular weight excluding hydrogens is 249 g/mol. The lowest BCUT2D eigenvalue weighted by molar-refractivity contribution is 0.844. The maximum atomic E-state index is 11.5. The van der Waals surface area contributed by atoms with Crippen LogP contribution in [-0.4, -0.2) is 9.78 Å². The second-order valence-corrected chi connectivity index (χ2v) is 3.89. The van der Waals surface area contributed by atoms with Gasteiger partial charge in [-0.25, -0.2) is 4.68 Å². The Bertz CT molecular complexity index is 636. The average Bonchev–Trinajstić information content (AvgIpc) is 2.60. The number of H-pyrrole nitrogens is 1. The van der Waals surface area contributed by atoms with Crippen molar-refractivity contribution in [1.29, 1.82) is 5.26 Å². The minimum atomic E-state index is -0.347. The number of benzene rings is 1. The second kappa shape index (κ2) is 4.05. The van der Waals surface area contributed by atoms with Crippen LogP contribution in [-0.2, 0) is 0 Å². The molecule has 4 nitrogen and oxygen atoms in total. The normalized spacial score (nSPS) is 10.1. The molecule has 1 aromatic heterocycles. The fourth-order valence-electron chi connectivity index (χ4n) is 1.29. The van der Waals surface area contributed by atoms with E-state index < -0.39 is 0 Å². The Hall–Kier alpha value is -1.70. The number of aromatic nitrogens is 2. The first-order chi connectivity index (χ1) is 7.61. The van der Waals surface area contributed by atoms with E-state index in [0.717, 1.165) is 0 Å². The Labute approximate surface area is 101 Å². The van der Waals surface area contributed by atoms with Gasteiger partial charge in [0.15, 0.2) is 0 Å². The Morgan fingerprint density at radius 3 is 2.62 bits per heavy atom. The highest BCUT2D eigenvalue weighted by Gasteiger charge is 2.08. The van der Waals surface area contributed by atoms with Gasteiger partial charge in [0.05, 0.1) is 10.7 Å². The van der Waals surface area contributed by atoms with Gasteiger partial charge in [0.1, 0.15) is 11.8 Å². The zero-order valence-electron chi connectivity index (χ0n) is 7.87. The molecule has 1 N–H and O–H groups in total. The van der Waals surface area contributed by atoms with E-state index in [4.69, 9.17) is 28.5 Å². The molecule has 0 fully saturated rings. The van der Waals surface area contributed by atoms with Gasteiger partial charge in [0.2, 0.25) is 0 Å². The van der Waals surface area contributed by atoms with Crippen LogP contribution in [0.4, 0.5) is 0 Å². The Morgan fingerprint density at radius 1 is 1.31 bits per heavy atom. The number of rotatable bonds is 1. The third kappa shape index (κ3) is 1.83. The highest BCUT2D eigenvalue weighted by Crippen LogP contribution is 2.22. The molecule has 0 aliphatic carbocycles. The minimum Gasteiger partial charge on any atom is -0.281 e. The van der Waals surface area contributed by atoms with E-state index in [9.17, 15) is 4.79 Å². The lowest BCUT2D eigenvalue weighted by Gasteiger charge is -2.04. The summed E-state index contributed by atoms with van der Waals surface area (Å²) in [7, 11) is 0. The van der Waals surface area contributed by atoms with Crippen molar-refractivity contribution in [2.75, 3.05) is 0 Å². The van der Waals surface area contributed by atoms with Crippen molar-refractivity contribution in [2.45, 2.75) is 0 Å². The third-order valence-corrected chi connectivity index (χ3v) is 2.53. The van der Waals surface area contributed by atoms with E-state index in [1.165, 1.54) is 16.8 Å². The van der Waals surface area contributed by atoms with Gasteiger partial charge in [-0.2, -0.15) is 5.26 Å². The fraction of sp³-hybridized carbons (Fsp3) is 0. The Kier molecular flexibility index (Phi) is 2.73. The number of halogens is 2. The van der Waals surface area contributed by atoms with E-state index in [2.05, 4.69) is 5.10 Å². The molecule has 0 amide bonds. The summed E-state index contributed by atoms with van der Waals surface area (Å²) in [4.78, 5) is 11.5. The number of aromatic amines is 1. The largest absolute Gasteiger partial charge is 0.281 e. The van der Waals surface area contributed by atoms with Crippen molar-refractivity contribution in [3.8, 4) is 11.8 Å². The van der Waals surface area contributed by atoms with E-state index in [0.29, 0.717) is 15.7 Å². The van der Waals surface area contributed by atoms with Gasteiger partial charge in [0, 0.05) is 11.1 Å². The molecule has 1 heterocycles. The van der Waals surface area contributed by atoms with Gasteiger partial charge in [0.25, 0.3) is 5.56 Å². The molecule has 2 aromatic rings. The summed E-state index contributed by atoms with van der Waals surface area (Å²) >= 11 is 11.7. The van der Waals surface area contributed by atoms with Gasteiger partial charge in [-0.15, -0.1) is 0 Å². The van der Waals surface area contributed by atoms with Crippen LogP contribution < -0.4 is 5.56 Å². The minimum absolute atomic E-state index is 0.177. The molecule has 6 heteroatoms. The molecule has 2 rings (SSSR count). The van der Waals surface area contributed by atoms with Gasteiger partial charge in [-0.3, -0.25) is 9.89 Å². The molecule has 0 aliphatic rings. The van der Waals surface area contributed by atoms with Crippen molar-refractivity contribution in [3.63, 3.8) is 0 Å². The van der Waals surface area contributed by atoms with Crippen molar-refractivity contribution in [1.82, 2.24) is 9.78 Å². The van der Waals surface area contributed by atoms with Gasteiger partial charge in [-0.1, -0.05) is 23.2 Å². The number of nitrogens with zero attached hydrogens (tertiary/aromatic N) is 2. The predicted molar refractivity (Wildman–Crippen MR) is 61.1 cm³/mol. The SMILES string of the molecule is N#Cc1cc(=O)n(-c2ccc(Cl)cc2Cl)[nH]1. The van der Waals surface area contributed by atoms with Crippen LogP contribution in [0.2, 0.25) is 10.0 Å². The first kappa shape index (κ1) is 10.8. The summed E-state index contributed by atoms with van der Waals surface area (Å²) in [5.74, 6) is 0. The predicted octanol–water partition coefficient (Wildman–Crippen LogP) is 2.34. The molecule has 1 aromatic carbocycles. The number of hydrogen-bond acceptors (Lipinski definition) is 2. The van der Waals surface area contributed by atoms with Crippen LogP contribution in [0.3, 0.4) is 0 Å². The summed E-state index contributed by atoms with van der Waals surface area (Å²) in [5.41, 5.74) is 0.286. The number of nitrogens with one attached hydrogen (secondary N) is 1. The quantitative estimate of drug-likeness (QED) is 0.848. The van der Waals surface area contributed by atoms with Gasteiger partial charge >= 0.3 is 0 Å². The first-order valence-electron chi connectivity index (χ1n) is 4.29. The molecular formula is C10H5Cl2N3O. The summed E-state index contributed by atoms with van der Waals surface area (Å²) in [5, 5.41) is 12.1. The molecule has 0 saturated heterocycles. The van der Waals surface area contributed by atoms with Crippen molar-refractivity contribution in [3.05, 3.63) is 50.4 Å². The van der Waals surface area contributed by atoms with Crippen LogP contribution >= 0.6 is 23.2 Å². The van der Waals surface area contributed by atoms with E-state index in [-0.39, 0.29) is 11.3 Å². The van der Waals surface area contributed by atoms with Crippen molar-refractivity contribution >= 4 is 23.2 Å². The smallest absolute Gasteiger partial charge is 0.272 e. The highest BCUT2D eigenvalue weighted by atomic mass is 35.5. The summed E-state index contributed by atoms with van der Waals surface area (Å²) < 4.78 is 1.19. The number of nitriles is 1. The van der Waals surface area contributed by atoms with Gasteiger partial charge < -0.3 is 0 Å². The Morgan fingerprint density at radius 2 is 2.06 bits per heavy atom. The van der Waals surface area contributed by atoms with Crippen LogP contribution in [0, 0.1) is 11.3 Å². The topological polar surface area (TPSA) is 61.6 Å². The van der Waals surface area contributed by atoms with Crippen LogP contribution in [0.5, 0.6) is 0 Å². The van der Waals surface area contributed by atoms with Crippen molar-refractivity contribution in [2.24, 2.45) is 0 Å². The molecule has 0 saturated carbocycles. The first-order valence-corrected chi connectivity index (χ1v) is 5.05. The summed E-state index contributed by atoms with van der Waals surface area (Å²) in [6.07, 6.45) is 0. The maximum Gasteiger partial charge on any atom is 0.272 e. The van der Waals surface area contributed by atoms with Crippen LogP contribution in [0.1, 0.15) is 5.69 Å². The van der Waals surface area contributed by atoms with Crippen molar-refractivity contribution < 1.29 is 0 Å². The van der Waals surface area contributed by atoms with Gasteiger partial charge in [-0.05, 0) is 18.2 Å². The molecule has 16 heavy (non-hydrogen) atoms. The maximum absolute atomic E-state index is 11.5.